The van der Waals surface area contributed by atoms with Crippen LogP contribution in [0.15, 0.2) is 0 Å². The first kappa shape index (κ1) is 9.96. The van der Waals surface area contributed by atoms with Gasteiger partial charge in [0.1, 0.15) is 0 Å². The second-order valence-corrected chi connectivity index (χ2v) is 3.64. The van der Waals surface area contributed by atoms with Crippen molar-refractivity contribution in [1.82, 2.24) is 5.32 Å². The Morgan fingerprint density at radius 2 is 1.60 bits per heavy atom. The van der Waals surface area contributed by atoms with E-state index in [0.29, 0.717) is 0 Å². The quantitative estimate of drug-likeness (QED) is 0.635. The molecule has 0 saturated carbocycles. The Kier molecular flexibility index (Phi) is 4.71. The van der Waals surface area contributed by atoms with Crippen LogP contribution in [0.25, 0.3) is 0 Å². The summed E-state index contributed by atoms with van der Waals surface area (Å²) in [6.07, 6.45) is 0. The first-order chi connectivity index (χ1) is 4.59. The van der Waals surface area contributed by atoms with E-state index in [4.69, 9.17) is 0 Å². The van der Waals surface area contributed by atoms with Crippen LogP contribution in [0.4, 0.5) is 0 Å². The second kappa shape index (κ2) is 4.73. The molecule has 0 rings (SSSR count). The molecule has 0 aromatic rings. The van der Waals surface area contributed by atoms with Crippen molar-refractivity contribution >= 4 is 0 Å². The van der Waals surface area contributed by atoms with E-state index in [2.05, 4.69) is 33.0 Å². The van der Waals surface area contributed by atoms with Crippen LogP contribution in [0.2, 0.25) is 0 Å². The lowest BCUT2D eigenvalue weighted by molar-refractivity contribution is 0.291. The molecule has 10 heavy (non-hydrogen) atoms. The lowest BCUT2D eigenvalue weighted by atomic mass is 9.86. The molecule has 0 bridgehead atoms. The smallest absolute Gasteiger partial charge is 0.00235 e. The minimum absolute atomic E-state index is 0.796. The Morgan fingerprint density at radius 1 is 1.10 bits per heavy atom. The molecule has 0 aliphatic carbocycles. The molecule has 0 aliphatic rings. The van der Waals surface area contributed by atoms with Gasteiger partial charge in [0.2, 0.25) is 0 Å². The summed E-state index contributed by atoms with van der Waals surface area (Å²) in [7, 11) is 2.02. The minimum atomic E-state index is 0.796. The highest BCUT2D eigenvalue weighted by molar-refractivity contribution is 4.65. The maximum Gasteiger partial charge on any atom is -0.00235 e. The summed E-state index contributed by atoms with van der Waals surface area (Å²) in [4.78, 5) is 0. The molecule has 0 unspecified atom stereocenters. The zero-order valence-corrected chi connectivity index (χ0v) is 7.94. The molecule has 1 nitrogen and oxygen atoms in total. The van der Waals surface area contributed by atoms with Crippen molar-refractivity contribution in [3.05, 3.63) is 0 Å². The lowest BCUT2D eigenvalue weighted by Gasteiger charge is -2.22. The van der Waals surface area contributed by atoms with E-state index in [1.54, 1.807) is 0 Å². The van der Waals surface area contributed by atoms with E-state index in [1.165, 1.54) is 0 Å². The van der Waals surface area contributed by atoms with Crippen LogP contribution in [-0.4, -0.2) is 13.6 Å². The Labute approximate surface area is 65.2 Å². The van der Waals surface area contributed by atoms with E-state index in [9.17, 15) is 0 Å². The zero-order valence-electron chi connectivity index (χ0n) is 7.94. The molecular weight excluding hydrogens is 122 g/mol. The van der Waals surface area contributed by atoms with Gasteiger partial charge in [-0.3, -0.25) is 0 Å². The fraction of sp³-hybridized carbons (Fsp3) is 1.00. The predicted molar refractivity (Wildman–Crippen MR) is 47.1 cm³/mol. The van der Waals surface area contributed by atoms with Crippen LogP contribution < -0.4 is 5.32 Å². The summed E-state index contributed by atoms with van der Waals surface area (Å²) in [5, 5.41) is 3.20. The standard InChI is InChI=1S/C9H21N/c1-7(2)9(4)8(3)6-10-5/h7-10H,6H2,1-5H3/t8-,9+/m0/s1. The van der Waals surface area contributed by atoms with Crippen molar-refractivity contribution in [2.45, 2.75) is 27.7 Å². The third-order valence-electron chi connectivity index (χ3n) is 2.48. The van der Waals surface area contributed by atoms with Gasteiger partial charge >= 0.3 is 0 Å². The molecule has 0 radical (unpaired) electrons. The molecule has 0 spiro atoms. The molecular formula is C9H21N. The van der Waals surface area contributed by atoms with Gasteiger partial charge in [0, 0.05) is 0 Å². The average molecular weight is 143 g/mol. The lowest BCUT2D eigenvalue weighted by Crippen LogP contribution is -2.24. The van der Waals surface area contributed by atoms with Crippen molar-refractivity contribution in [1.29, 1.82) is 0 Å². The Morgan fingerprint density at radius 3 is 1.90 bits per heavy atom. The van der Waals surface area contributed by atoms with Gasteiger partial charge in [-0.15, -0.1) is 0 Å². The zero-order chi connectivity index (χ0) is 8.15. The van der Waals surface area contributed by atoms with Crippen molar-refractivity contribution in [3.63, 3.8) is 0 Å². The largest absolute Gasteiger partial charge is 0.319 e. The van der Waals surface area contributed by atoms with Gasteiger partial charge in [-0.05, 0) is 31.3 Å². The first-order valence-corrected chi connectivity index (χ1v) is 4.24. The summed E-state index contributed by atoms with van der Waals surface area (Å²) in [6.45, 7) is 10.3. The number of nitrogens with one attached hydrogen (secondary N) is 1. The summed E-state index contributed by atoms with van der Waals surface area (Å²) in [5.41, 5.74) is 0. The molecule has 1 heteroatoms. The van der Waals surface area contributed by atoms with Crippen molar-refractivity contribution in [3.8, 4) is 0 Å². The van der Waals surface area contributed by atoms with Gasteiger partial charge in [0.05, 0.1) is 0 Å². The van der Waals surface area contributed by atoms with Crippen LogP contribution in [0.1, 0.15) is 27.7 Å². The normalized spacial score (nSPS) is 17.4. The molecule has 0 aromatic carbocycles. The summed E-state index contributed by atoms with van der Waals surface area (Å²) >= 11 is 0. The van der Waals surface area contributed by atoms with E-state index in [-0.39, 0.29) is 0 Å². The number of rotatable bonds is 4. The summed E-state index contributed by atoms with van der Waals surface area (Å²) in [5.74, 6) is 2.43. The SMILES string of the molecule is CNC[C@H](C)[C@H](C)C(C)C. The van der Waals surface area contributed by atoms with Crippen LogP contribution >= 0.6 is 0 Å². The summed E-state index contributed by atoms with van der Waals surface area (Å²) < 4.78 is 0. The maximum absolute atomic E-state index is 3.20. The molecule has 0 aromatic heterocycles. The summed E-state index contributed by atoms with van der Waals surface area (Å²) in [6, 6.07) is 0. The first-order valence-electron chi connectivity index (χ1n) is 4.24. The van der Waals surface area contributed by atoms with Crippen molar-refractivity contribution in [2.24, 2.45) is 17.8 Å². The molecule has 1 N–H and O–H groups in total. The van der Waals surface area contributed by atoms with Crippen LogP contribution in [0.5, 0.6) is 0 Å². The Balaban J connectivity index is 3.58. The van der Waals surface area contributed by atoms with E-state index in [1.807, 2.05) is 7.05 Å². The van der Waals surface area contributed by atoms with E-state index >= 15 is 0 Å². The highest BCUT2D eigenvalue weighted by atomic mass is 14.8. The molecule has 0 fully saturated rings. The van der Waals surface area contributed by atoms with Gasteiger partial charge in [-0.25, -0.2) is 0 Å². The van der Waals surface area contributed by atoms with E-state index in [0.717, 1.165) is 24.3 Å². The number of hydrogen-bond donors (Lipinski definition) is 1. The Bertz CT molecular complexity index is 78.8. The maximum atomic E-state index is 3.20. The fourth-order valence-corrected chi connectivity index (χ4v) is 1.16. The fourth-order valence-electron chi connectivity index (χ4n) is 1.16. The van der Waals surface area contributed by atoms with Crippen molar-refractivity contribution < 1.29 is 0 Å². The molecule has 0 heterocycles. The predicted octanol–water partition coefficient (Wildman–Crippen LogP) is 2.13. The molecule has 0 aliphatic heterocycles. The van der Waals surface area contributed by atoms with Crippen LogP contribution in [0, 0.1) is 17.8 Å². The average Bonchev–Trinajstić information content (AvgIpc) is 1.87. The van der Waals surface area contributed by atoms with Crippen LogP contribution in [0.3, 0.4) is 0 Å². The Hall–Kier alpha value is -0.0400. The van der Waals surface area contributed by atoms with Crippen LogP contribution in [-0.2, 0) is 0 Å². The third kappa shape index (κ3) is 3.21. The second-order valence-electron chi connectivity index (χ2n) is 3.64. The van der Waals surface area contributed by atoms with Gasteiger partial charge in [0.15, 0.2) is 0 Å². The third-order valence-corrected chi connectivity index (χ3v) is 2.48. The number of hydrogen-bond acceptors (Lipinski definition) is 1. The van der Waals surface area contributed by atoms with Gasteiger partial charge in [-0.2, -0.15) is 0 Å². The van der Waals surface area contributed by atoms with Gasteiger partial charge in [0.25, 0.3) is 0 Å². The monoisotopic (exact) mass is 143 g/mol. The molecule has 62 valence electrons. The topological polar surface area (TPSA) is 12.0 Å². The minimum Gasteiger partial charge on any atom is -0.319 e. The van der Waals surface area contributed by atoms with Gasteiger partial charge < -0.3 is 5.32 Å². The van der Waals surface area contributed by atoms with E-state index < -0.39 is 0 Å². The van der Waals surface area contributed by atoms with Crippen molar-refractivity contribution in [2.75, 3.05) is 13.6 Å². The molecule has 0 saturated heterocycles. The molecule has 2 atom stereocenters. The highest BCUT2D eigenvalue weighted by Crippen LogP contribution is 2.18. The molecule has 0 amide bonds. The van der Waals surface area contributed by atoms with Gasteiger partial charge in [-0.1, -0.05) is 27.7 Å². The highest BCUT2D eigenvalue weighted by Gasteiger charge is 2.13.